The number of ether oxygens (including phenoxy) is 1. The van der Waals surface area contributed by atoms with E-state index in [1.807, 2.05) is 6.92 Å². The van der Waals surface area contributed by atoms with Gasteiger partial charge in [0, 0.05) is 18.3 Å². The van der Waals surface area contributed by atoms with Crippen LogP contribution in [-0.4, -0.2) is 35.0 Å². The molecule has 4 atom stereocenters. The first-order valence-electron chi connectivity index (χ1n) is 7.51. The Bertz CT molecular complexity index is 415. The van der Waals surface area contributed by atoms with Crippen LogP contribution in [0.15, 0.2) is 24.3 Å². The highest BCUT2D eigenvalue weighted by Gasteiger charge is 2.45. The molecule has 1 rings (SSSR count). The van der Waals surface area contributed by atoms with E-state index in [1.165, 1.54) is 6.92 Å². The highest BCUT2D eigenvalue weighted by atomic mass is 16.5. The van der Waals surface area contributed by atoms with Crippen molar-refractivity contribution in [3.8, 4) is 0 Å². The number of hydrogen-bond donors (Lipinski definition) is 2. The normalized spacial score (nSPS) is 30.8. The van der Waals surface area contributed by atoms with Crippen LogP contribution in [0.25, 0.3) is 0 Å². The second kappa shape index (κ2) is 7.23. The van der Waals surface area contributed by atoms with Gasteiger partial charge in [0.25, 0.3) is 0 Å². The minimum Gasteiger partial charge on any atom is -0.465 e. The monoisotopic (exact) mass is 296 g/mol. The van der Waals surface area contributed by atoms with Crippen LogP contribution in [0.4, 0.5) is 0 Å². The molecule has 0 spiro atoms. The van der Waals surface area contributed by atoms with E-state index in [-0.39, 0.29) is 18.5 Å². The van der Waals surface area contributed by atoms with Crippen molar-refractivity contribution < 1.29 is 19.7 Å². The fourth-order valence-electron chi connectivity index (χ4n) is 3.07. The highest BCUT2D eigenvalue weighted by Crippen LogP contribution is 2.47. The van der Waals surface area contributed by atoms with Crippen molar-refractivity contribution in [1.82, 2.24) is 0 Å². The van der Waals surface area contributed by atoms with E-state index in [1.54, 1.807) is 6.92 Å². The van der Waals surface area contributed by atoms with E-state index in [4.69, 9.17) is 4.74 Å². The molecule has 1 fully saturated rings. The van der Waals surface area contributed by atoms with Crippen LogP contribution in [0.3, 0.4) is 0 Å². The predicted molar refractivity (Wildman–Crippen MR) is 82.7 cm³/mol. The molecule has 0 amide bonds. The van der Waals surface area contributed by atoms with E-state index < -0.39 is 17.6 Å². The summed E-state index contributed by atoms with van der Waals surface area (Å²) in [5, 5.41) is 20.4. The van der Waals surface area contributed by atoms with Gasteiger partial charge < -0.3 is 14.9 Å². The SMILES string of the molecule is C=C(C)C(O)CC[C@@]1(C)[C@H](COC(C)=O)C(=C)CC[C@@H]1O. The quantitative estimate of drug-likeness (QED) is 0.584. The Balaban J connectivity index is 2.84. The molecule has 0 bridgehead atoms. The molecule has 1 aliphatic carbocycles. The van der Waals surface area contributed by atoms with Gasteiger partial charge in [0.05, 0.1) is 18.8 Å². The Morgan fingerprint density at radius 3 is 2.67 bits per heavy atom. The fourth-order valence-corrected chi connectivity index (χ4v) is 3.07. The molecule has 0 aromatic heterocycles. The first-order valence-corrected chi connectivity index (χ1v) is 7.51. The average Bonchev–Trinajstić information content (AvgIpc) is 2.40. The highest BCUT2D eigenvalue weighted by molar-refractivity contribution is 5.65. The fraction of sp³-hybridized carbons (Fsp3) is 0.706. The van der Waals surface area contributed by atoms with Crippen molar-refractivity contribution in [2.24, 2.45) is 11.3 Å². The molecule has 4 heteroatoms. The molecule has 0 aromatic rings. The molecule has 0 saturated heterocycles. The standard InChI is InChI=1S/C17H28O4/c1-11(2)15(19)8-9-17(5)14(10-21-13(4)18)12(3)6-7-16(17)20/h14-16,19-20H,1,3,6-10H2,2,4-5H3/t14-,15?,16+,17+/m1/s1. The van der Waals surface area contributed by atoms with E-state index in [9.17, 15) is 15.0 Å². The topological polar surface area (TPSA) is 66.8 Å². The van der Waals surface area contributed by atoms with Crippen molar-refractivity contribution in [2.75, 3.05) is 6.61 Å². The molecule has 0 aliphatic heterocycles. The third kappa shape index (κ3) is 4.42. The molecule has 120 valence electrons. The summed E-state index contributed by atoms with van der Waals surface area (Å²) in [7, 11) is 0. The van der Waals surface area contributed by atoms with Gasteiger partial charge in [-0.15, -0.1) is 0 Å². The predicted octanol–water partition coefficient (Wildman–Crippen LogP) is 2.60. The maximum Gasteiger partial charge on any atom is 0.302 e. The van der Waals surface area contributed by atoms with Gasteiger partial charge in [-0.3, -0.25) is 4.79 Å². The number of aliphatic hydroxyl groups is 2. The molecule has 1 unspecified atom stereocenters. The van der Waals surface area contributed by atoms with Crippen LogP contribution >= 0.6 is 0 Å². The summed E-state index contributed by atoms with van der Waals surface area (Å²) >= 11 is 0. The molecule has 4 nitrogen and oxygen atoms in total. The largest absolute Gasteiger partial charge is 0.465 e. The van der Waals surface area contributed by atoms with Crippen LogP contribution < -0.4 is 0 Å². The van der Waals surface area contributed by atoms with Crippen LogP contribution in [-0.2, 0) is 9.53 Å². The Labute approximate surface area is 127 Å². The van der Waals surface area contributed by atoms with Crippen LogP contribution in [0, 0.1) is 11.3 Å². The number of aliphatic hydroxyl groups excluding tert-OH is 2. The van der Waals surface area contributed by atoms with Crippen molar-refractivity contribution in [3.05, 3.63) is 24.3 Å². The average molecular weight is 296 g/mol. The first-order chi connectivity index (χ1) is 9.68. The maximum atomic E-state index is 11.1. The van der Waals surface area contributed by atoms with E-state index in [0.717, 1.165) is 17.6 Å². The van der Waals surface area contributed by atoms with Gasteiger partial charge in [-0.1, -0.05) is 31.2 Å². The second-order valence-electron chi connectivity index (χ2n) is 6.47. The second-order valence-corrected chi connectivity index (χ2v) is 6.47. The Morgan fingerprint density at radius 1 is 1.52 bits per heavy atom. The Hall–Kier alpha value is -1.13. The number of rotatable bonds is 6. The van der Waals surface area contributed by atoms with Crippen molar-refractivity contribution in [1.29, 1.82) is 0 Å². The molecule has 0 radical (unpaired) electrons. The third-order valence-corrected chi connectivity index (χ3v) is 4.77. The number of carbonyl (C=O) groups excluding carboxylic acids is 1. The Kier molecular flexibility index (Phi) is 6.17. The smallest absolute Gasteiger partial charge is 0.302 e. The summed E-state index contributed by atoms with van der Waals surface area (Å²) in [5.74, 6) is -0.408. The van der Waals surface area contributed by atoms with Crippen LogP contribution in [0.2, 0.25) is 0 Å². The molecule has 21 heavy (non-hydrogen) atoms. The van der Waals surface area contributed by atoms with Crippen molar-refractivity contribution >= 4 is 5.97 Å². The van der Waals surface area contributed by atoms with Gasteiger partial charge >= 0.3 is 5.97 Å². The van der Waals surface area contributed by atoms with Gasteiger partial charge in [0.2, 0.25) is 0 Å². The van der Waals surface area contributed by atoms with E-state index in [0.29, 0.717) is 19.3 Å². The summed E-state index contributed by atoms with van der Waals surface area (Å²) in [6, 6.07) is 0. The molecule has 0 heterocycles. The van der Waals surface area contributed by atoms with Gasteiger partial charge in [-0.2, -0.15) is 0 Å². The van der Waals surface area contributed by atoms with Crippen LogP contribution in [0.5, 0.6) is 0 Å². The zero-order chi connectivity index (χ0) is 16.2. The summed E-state index contributed by atoms with van der Waals surface area (Å²) in [6.07, 6.45) is 1.51. The Morgan fingerprint density at radius 2 is 2.14 bits per heavy atom. The molecule has 2 N–H and O–H groups in total. The summed E-state index contributed by atoms with van der Waals surface area (Å²) in [6.45, 7) is 13.2. The molecule has 0 aromatic carbocycles. The minimum atomic E-state index is -0.571. The zero-order valence-electron chi connectivity index (χ0n) is 13.4. The maximum absolute atomic E-state index is 11.1. The van der Waals surface area contributed by atoms with E-state index in [2.05, 4.69) is 13.2 Å². The lowest BCUT2D eigenvalue weighted by molar-refractivity contribution is -0.145. The molecular formula is C17H28O4. The summed E-state index contributed by atoms with van der Waals surface area (Å²) in [5.41, 5.74) is 1.29. The third-order valence-electron chi connectivity index (χ3n) is 4.77. The summed E-state index contributed by atoms with van der Waals surface area (Å²) in [4.78, 5) is 11.1. The van der Waals surface area contributed by atoms with Crippen LogP contribution in [0.1, 0.15) is 46.5 Å². The zero-order valence-corrected chi connectivity index (χ0v) is 13.4. The van der Waals surface area contributed by atoms with Gasteiger partial charge in [0.15, 0.2) is 0 Å². The minimum absolute atomic E-state index is 0.0810. The lowest BCUT2D eigenvalue weighted by Crippen LogP contribution is -2.46. The van der Waals surface area contributed by atoms with Crippen molar-refractivity contribution in [3.63, 3.8) is 0 Å². The first kappa shape index (κ1) is 17.9. The number of hydrogen-bond acceptors (Lipinski definition) is 4. The summed E-state index contributed by atoms with van der Waals surface area (Å²) < 4.78 is 5.16. The number of esters is 1. The van der Waals surface area contributed by atoms with Gasteiger partial charge in [0.1, 0.15) is 0 Å². The van der Waals surface area contributed by atoms with Gasteiger partial charge in [-0.05, 0) is 32.6 Å². The van der Waals surface area contributed by atoms with E-state index >= 15 is 0 Å². The van der Waals surface area contributed by atoms with Crippen molar-refractivity contribution in [2.45, 2.75) is 58.7 Å². The number of carbonyl (C=O) groups is 1. The lowest BCUT2D eigenvalue weighted by Gasteiger charge is -2.46. The molecule has 1 saturated carbocycles. The molecular weight excluding hydrogens is 268 g/mol. The van der Waals surface area contributed by atoms with Gasteiger partial charge in [-0.25, -0.2) is 0 Å². The molecule has 1 aliphatic rings. The lowest BCUT2D eigenvalue weighted by atomic mass is 9.61.